The predicted molar refractivity (Wildman–Crippen MR) is 127 cm³/mol. The van der Waals surface area contributed by atoms with Gasteiger partial charge in [-0.1, -0.05) is 103 Å². The van der Waals surface area contributed by atoms with Crippen molar-refractivity contribution >= 4 is 10.4 Å². The van der Waals surface area contributed by atoms with Crippen molar-refractivity contribution in [2.24, 2.45) is 0 Å². The number of hydrogen-bond acceptors (Lipinski definition) is 9. The second kappa shape index (κ2) is 15.7. The molecule has 202 valence electrons. The van der Waals surface area contributed by atoms with E-state index in [9.17, 15) is 13.5 Å². The van der Waals surface area contributed by atoms with Crippen LogP contribution in [0.5, 0.6) is 0 Å². The average Bonchev–Trinajstić information content (AvgIpc) is 2.98. The fraction of sp³-hybridized carbons (Fsp3) is 1.00. The molecule has 1 atom stereocenters. The van der Waals surface area contributed by atoms with Gasteiger partial charge in [-0.05, 0) is 6.42 Å². The van der Waals surface area contributed by atoms with Crippen molar-refractivity contribution in [3.63, 3.8) is 0 Å². The van der Waals surface area contributed by atoms with E-state index < -0.39 is 28.4 Å². The molecule has 2 aliphatic rings. The second-order valence-electron chi connectivity index (χ2n) is 9.43. The Bertz CT molecular complexity index is 636. The molecule has 0 amide bonds. The van der Waals surface area contributed by atoms with Crippen LogP contribution in [0.3, 0.4) is 0 Å². The quantitative estimate of drug-likeness (QED) is 0.212. The van der Waals surface area contributed by atoms with Crippen LogP contribution in [0.15, 0.2) is 0 Å². The maximum absolute atomic E-state index is 11.8. The highest BCUT2D eigenvalue weighted by molar-refractivity contribution is 7.82. The van der Waals surface area contributed by atoms with Crippen LogP contribution >= 0.6 is 0 Å². The van der Waals surface area contributed by atoms with Crippen LogP contribution in [0.2, 0.25) is 0 Å². The van der Waals surface area contributed by atoms with Crippen molar-refractivity contribution in [2.45, 2.75) is 134 Å². The Hall–Kier alpha value is -0.330. The first-order valence-corrected chi connectivity index (χ1v) is 14.6. The highest BCUT2D eigenvalue weighted by atomic mass is 32.3. The summed E-state index contributed by atoms with van der Waals surface area (Å²) in [7, 11) is -4.42. The van der Waals surface area contributed by atoms with Gasteiger partial charge in [-0.15, -0.1) is 0 Å². The minimum absolute atomic E-state index is 0.00882. The minimum Gasteiger partial charge on any atom is -0.394 e. The van der Waals surface area contributed by atoms with E-state index in [1.54, 1.807) is 0 Å². The van der Waals surface area contributed by atoms with Crippen molar-refractivity contribution in [3.8, 4) is 0 Å². The molecule has 2 fully saturated rings. The van der Waals surface area contributed by atoms with E-state index in [1.165, 1.54) is 77.0 Å². The Balaban J connectivity index is 1.48. The van der Waals surface area contributed by atoms with Crippen molar-refractivity contribution in [1.29, 1.82) is 0 Å². The Kier molecular flexibility index (Phi) is 13.8. The molecule has 2 aliphatic heterocycles. The van der Waals surface area contributed by atoms with Gasteiger partial charge in [-0.2, -0.15) is 12.6 Å². The monoisotopic (exact) mass is 510 g/mol. The Morgan fingerprint density at radius 1 is 0.765 bits per heavy atom. The van der Waals surface area contributed by atoms with Crippen molar-refractivity contribution in [1.82, 2.24) is 0 Å². The summed E-state index contributed by atoms with van der Waals surface area (Å²) in [6.07, 6.45) is 18.6. The SMILES string of the molecule is CCCCCCCCCCCCCCCCCCC1(O)OS(=O)(=O)OC12OC(COCCO)O2. The minimum atomic E-state index is -4.42. The molecule has 0 aromatic carbocycles. The summed E-state index contributed by atoms with van der Waals surface area (Å²) >= 11 is 0. The standard InChI is InChI=1S/C24H46O9S/c1-2-3-4-5-6-7-8-9-10-11-12-13-14-15-16-17-18-23(26)24(33-34(27,28)32-23)30-22(31-24)21-29-20-19-25/h22,25-26H,2-21H2,1H3. The van der Waals surface area contributed by atoms with Gasteiger partial charge in [0.25, 0.3) is 5.79 Å². The number of aliphatic hydroxyl groups excluding tert-OH is 1. The fourth-order valence-electron chi connectivity index (χ4n) is 4.43. The fourth-order valence-corrected chi connectivity index (χ4v) is 5.47. The molecule has 34 heavy (non-hydrogen) atoms. The summed E-state index contributed by atoms with van der Waals surface area (Å²) in [6, 6.07) is 0. The number of rotatable bonds is 21. The van der Waals surface area contributed by atoms with Gasteiger partial charge in [0.15, 0.2) is 6.29 Å². The van der Waals surface area contributed by atoms with E-state index >= 15 is 0 Å². The predicted octanol–water partition coefficient (Wildman–Crippen LogP) is 4.65. The molecule has 2 heterocycles. The van der Waals surface area contributed by atoms with Crippen molar-refractivity contribution < 1.29 is 41.2 Å². The zero-order valence-electron chi connectivity index (χ0n) is 20.9. The average molecular weight is 511 g/mol. The van der Waals surface area contributed by atoms with E-state index in [0.29, 0.717) is 6.42 Å². The third-order valence-electron chi connectivity index (χ3n) is 6.36. The third kappa shape index (κ3) is 9.97. The van der Waals surface area contributed by atoms with Gasteiger partial charge in [0, 0.05) is 6.42 Å². The first kappa shape index (κ1) is 29.9. The van der Waals surface area contributed by atoms with Gasteiger partial charge >= 0.3 is 16.4 Å². The topological polar surface area (TPSA) is 121 Å². The van der Waals surface area contributed by atoms with Gasteiger partial charge < -0.3 is 14.9 Å². The summed E-state index contributed by atoms with van der Waals surface area (Å²) < 4.78 is 48.8. The lowest BCUT2D eigenvalue weighted by molar-refractivity contribution is -0.569. The van der Waals surface area contributed by atoms with Crippen LogP contribution in [0.1, 0.15) is 116 Å². The molecule has 2 N–H and O–H groups in total. The van der Waals surface area contributed by atoms with Gasteiger partial charge in [-0.3, -0.25) is 9.47 Å². The van der Waals surface area contributed by atoms with Crippen LogP contribution < -0.4 is 0 Å². The maximum atomic E-state index is 11.8. The lowest BCUT2D eigenvalue weighted by Gasteiger charge is -2.46. The zero-order valence-corrected chi connectivity index (χ0v) is 21.7. The van der Waals surface area contributed by atoms with Crippen LogP contribution in [0, 0.1) is 0 Å². The summed E-state index contributed by atoms with van der Waals surface area (Å²) in [5.74, 6) is -4.41. The van der Waals surface area contributed by atoms with Crippen LogP contribution in [0.25, 0.3) is 0 Å². The molecule has 9 nitrogen and oxygen atoms in total. The summed E-state index contributed by atoms with van der Waals surface area (Å²) in [4.78, 5) is 0. The molecule has 0 bridgehead atoms. The molecule has 2 saturated heterocycles. The largest absolute Gasteiger partial charge is 0.407 e. The number of hydrogen-bond donors (Lipinski definition) is 2. The first-order chi connectivity index (χ1) is 16.4. The molecule has 10 heteroatoms. The van der Waals surface area contributed by atoms with Crippen LogP contribution in [-0.2, 0) is 33.0 Å². The second-order valence-corrected chi connectivity index (χ2v) is 10.6. The van der Waals surface area contributed by atoms with E-state index in [1.807, 2.05) is 0 Å². The van der Waals surface area contributed by atoms with Gasteiger partial charge in [-0.25, -0.2) is 4.18 Å². The van der Waals surface area contributed by atoms with E-state index in [4.69, 9.17) is 27.7 Å². The van der Waals surface area contributed by atoms with Crippen LogP contribution in [-0.4, -0.2) is 56.5 Å². The Morgan fingerprint density at radius 2 is 1.24 bits per heavy atom. The van der Waals surface area contributed by atoms with E-state index in [0.717, 1.165) is 19.3 Å². The smallest absolute Gasteiger partial charge is 0.394 e. The normalized spacial score (nSPS) is 27.9. The highest BCUT2D eigenvalue weighted by Gasteiger charge is 2.73. The third-order valence-corrected chi connectivity index (χ3v) is 7.27. The van der Waals surface area contributed by atoms with Gasteiger partial charge in [0.2, 0.25) is 0 Å². The molecule has 0 radical (unpaired) electrons. The molecule has 2 rings (SSSR count). The number of unbranched alkanes of at least 4 members (excludes halogenated alkanes) is 15. The Morgan fingerprint density at radius 3 is 1.71 bits per heavy atom. The van der Waals surface area contributed by atoms with Gasteiger partial charge in [0.1, 0.15) is 0 Å². The Labute approximate surface area is 205 Å². The lowest BCUT2D eigenvalue weighted by atomic mass is 10.0. The van der Waals surface area contributed by atoms with E-state index in [-0.39, 0.29) is 26.2 Å². The molecular weight excluding hydrogens is 464 g/mol. The summed E-state index contributed by atoms with van der Waals surface area (Å²) in [5.41, 5.74) is 0. The summed E-state index contributed by atoms with van der Waals surface area (Å²) in [6.45, 7) is 2.16. The molecule has 1 spiro atoms. The molecule has 0 aromatic rings. The molecular formula is C24H46O9S. The summed E-state index contributed by atoms with van der Waals surface area (Å²) in [5, 5.41) is 19.5. The lowest BCUT2D eigenvalue weighted by Crippen LogP contribution is -2.67. The highest BCUT2D eigenvalue weighted by Crippen LogP contribution is 2.50. The first-order valence-electron chi connectivity index (χ1n) is 13.3. The van der Waals surface area contributed by atoms with Crippen molar-refractivity contribution in [2.75, 3.05) is 19.8 Å². The number of ether oxygens (including phenoxy) is 3. The van der Waals surface area contributed by atoms with E-state index in [2.05, 4.69) is 6.92 Å². The number of aliphatic hydroxyl groups is 2. The molecule has 0 aromatic heterocycles. The van der Waals surface area contributed by atoms with Crippen molar-refractivity contribution in [3.05, 3.63) is 0 Å². The van der Waals surface area contributed by atoms with Gasteiger partial charge in [0.05, 0.1) is 19.8 Å². The molecule has 0 aliphatic carbocycles. The molecule has 1 unspecified atom stereocenters. The maximum Gasteiger partial charge on any atom is 0.407 e. The zero-order chi connectivity index (χ0) is 24.8. The molecule has 0 saturated carbocycles. The van der Waals surface area contributed by atoms with Crippen LogP contribution in [0.4, 0.5) is 0 Å².